The Labute approximate surface area is 193 Å². The Kier molecular flexibility index (Phi) is 9.46. The second-order valence-corrected chi connectivity index (χ2v) is 7.80. The average Bonchev–Trinajstić information content (AvgIpc) is 2.76. The van der Waals surface area contributed by atoms with E-state index >= 15 is 0 Å². The minimum absolute atomic E-state index is 0.140. The molecule has 0 bridgehead atoms. The van der Waals surface area contributed by atoms with Crippen LogP contribution in [0.1, 0.15) is 31.4 Å². The van der Waals surface area contributed by atoms with Crippen molar-refractivity contribution >= 4 is 35.0 Å². The maximum absolute atomic E-state index is 13.2. The Morgan fingerprint density at radius 1 is 1.06 bits per heavy atom. The molecule has 0 aromatic heterocycles. The van der Waals surface area contributed by atoms with Crippen LogP contribution in [-0.4, -0.2) is 43.5 Å². The minimum atomic E-state index is -0.676. The van der Waals surface area contributed by atoms with Gasteiger partial charge in [0.2, 0.25) is 11.8 Å². The van der Waals surface area contributed by atoms with Gasteiger partial charge in [0.05, 0.1) is 14.2 Å². The Morgan fingerprint density at radius 3 is 2.29 bits per heavy atom. The highest BCUT2D eigenvalue weighted by Gasteiger charge is 2.27. The van der Waals surface area contributed by atoms with Crippen LogP contribution in [-0.2, 0) is 22.6 Å². The lowest BCUT2D eigenvalue weighted by molar-refractivity contribution is -0.140. The zero-order chi connectivity index (χ0) is 23.0. The lowest BCUT2D eigenvalue weighted by atomic mass is 10.1. The van der Waals surface area contributed by atoms with Crippen molar-refractivity contribution in [2.75, 3.05) is 20.8 Å². The van der Waals surface area contributed by atoms with Gasteiger partial charge in [-0.15, -0.1) is 0 Å². The molecule has 0 unspecified atom stereocenters. The van der Waals surface area contributed by atoms with E-state index in [1.54, 1.807) is 45.4 Å². The van der Waals surface area contributed by atoms with Crippen LogP contribution < -0.4 is 14.8 Å². The van der Waals surface area contributed by atoms with E-state index in [-0.39, 0.29) is 24.8 Å². The van der Waals surface area contributed by atoms with Crippen LogP contribution in [0.4, 0.5) is 0 Å². The number of aryl methyl sites for hydroxylation is 1. The zero-order valence-electron chi connectivity index (χ0n) is 18.2. The van der Waals surface area contributed by atoms with Crippen molar-refractivity contribution in [1.82, 2.24) is 10.2 Å². The molecular weight excluding hydrogens is 439 g/mol. The van der Waals surface area contributed by atoms with E-state index in [1.165, 1.54) is 4.90 Å². The Bertz CT molecular complexity index is 900. The van der Waals surface area contributed by atoms with E-state index in [1.807, 2.05) is 19.1 Å². The number of likely N-dealkylation sites (N-methyl/N-ethyl adjacent to an activating group) is 1. The predicted molar refractivity (Wildman–Crippen MR) is 123 cm³/mol. The molecule has 2 rings (SSSR count). The summed E-state index contributed by atoms with van der Waals surface area (Å²) in [4.78, 5) is 27.2. The van der Waals surface area contributed by atoms with Crippen LogP contribution in [0.25, 0.3) is 0 Å². The van der Waals surface area contributed by atoms with Gasteiger partial charge in [-0.25, -0.2) is 0 Å². The maximum atomic E-state index is 13.2. The van der Waals surface area contributed by atoms with Crippen molar-refractivity contribution in [1.29, 1.82) is 0 Å². The number of nitrogens with zero attached hydrogens (tertiary/aromatic N) is 1. The third kappa shape index (κ3) is 6.52. The first-order chi connectivity index (χ1) is 14.8. The fourth-order valence-corrected chi connectivity index (χ4v) is 3.71. The number of hydrogen-bond donors (Lipinski definition) is 1. The van der Waals surface area contributed by atoms with Gasteiger partial charge in [0, 0.05) is 35.1 Å². The molecule has 0 fully saturated rings. The number of rotatable bonds is 10. The van der Waals surface area contributed by atoms with Gasteiger partial charge in [0.25, 0.3) is 0 Å². The van der Waals surface area contributed by atoms with Crippen molar-refractivity contribution in [3.05, 3.63) is 57.6 Å². The molecule has 8 heteroatoms. The fraction of sp³-hybridized carbons (Fsp3) is 0.391. The molecule has 2 aromatic rings. The van der Waals surface area contributed by atoms with E-state index in [0.717, 1.165) is 5.56 Å². The molecule has 0 heterocycles. The number of hydrogen-bond acceptors (Lipinski definition) is 4. The Morgan fingerprint density at radius 2 is 1.71 bits per heavy atom. The molecule has 2 amide bonds. The van der Waals surface area contributed by atoms with Gasteiger partial charge in [-0.05, 0) is 50.1 Å². The fourth-order valence-electron chi connectivity index (χ4n) is 3.19. The van der Waals surface area contributed by atoms with Gasteiger partial charge in [-0.1, -0.05) is 35.3 Å². The van der Waals surface area contributed by atoms with Crippen molar-refractivity contribution in [3.8, 4) is 11.5 Å². The van der Waals surface area contributed by atoms with Crippen LogP contribution in [0.3, 0.4) is 0 Å². The summed E-state index contributed by atoms with van der Waals surface area (Å²) in [6.07, 6.45) is 0.690. The maximum Gasteiger partial charge on any atom is 0.242 e. The van der Waals surface area contributed by atoms with Gasteiger partial charge < -0.3 is 19.7 Å². The topological polar surface area (TPSA) is 67.9 Å². The summed E-state index contributed by atoms with van der Waals surface area (Å²) in [5.74, 6) is 0.815. The molecule has 0 spiro atoms. The highest BCUT2D eigenvalue weighted by atomic mass is 35.5. The molecule has 0 aliphatic heterocycles. The second kappa shape index (κ2) is 11.8. The lowest BCUT2D eigenvalue weighted by Gasteiger charge is -2.29. The molecule has 1 N–H and O–H groups in total. The van der Waals surface area contributed by atoms with Crippen LogP contribution in [0, 0.1) is 0 Å². The predicted octanol–water partition coefficient (Wildman–Crippen LogP) is 4.50. The molecule has 6 nitrogen and oxygen atoms in total. The first-order valence-electron chi connectivity index (χ1n) is 10.0. The quantitative estimate of drug-likeness (QED) is 0.559. The molecular formula is C23H28Cl2N2O4. The largest absolute Gasteiger partial charge is 0.493 e. The van der Waals surface area contributed by atoms with E-state index < -0.39 is 6.04 Å². The number of methoxy groups -OCH3 is 2. The molecule has 1 atom stereocenters. The Balaban J connectivity index is 2.22. The number of ether oxygens (including phenoxy) is 2. The van der Waals surface area contributed by atoms with Crippen molar-refractivity contribution < 1.29 is 19.1 Å². The summed E-state index contributed by atoms with van der Waals surface area (Å²) >= 11 is 12.6. The highest BCUT2D eigenvalue weighted by Crippen LogP contribution is 2.29. The minimum Gasteiger partial charge on any atom is -0.493 e. The van der Waals surface area contributed by atoms with Gasteiger partial charge in [-0.3, -0.25) is 9.59 Å². The molecule has 168 valence electrons. The third-order valence-electron chi connectivity index (χ3n) is 4.98. The average molecular weight is 467 g/mol. The summed E-state index contributed by atoms with van der Waals surface area (Å²) in [5, 5.41) is 3.67. The summed E-state index contributed by atoms with van der Waals surface area (Å²) in [6, 6.07) is 10.0. The second-order valence-electron chi connectivity index (χ2n) is 6.98. The van der Waals surface area contributed by atoms with Crippen molar-refractivity contribution in [2.24, 2.45) is 0 Å². The summed E-state index contributed by atoms with van der Waals surface area (Å²) in [5.41, 5.74) is 1.54. The third-order valence-corrected chi connectivity index (χ3v) is 5.69. The first kappa shape index (κ1) is 24.8. The van der Waals surface area contributed by atoms with E-state index in [2.05, 4.69) is 5.32 Å². The lowest BCUT2D eigenvalue weighted by Crippen LogP contribution is -2.47. The number of nitrogens with one attached hydrogen (secondary N) is 1. The first-order valence-corrected chi connectivity index (χ1v) is 10.8. The van der Waals surface area contributed by atoms with Crippen molar-refractivity contribution in [3.63, 3.8) is 0 Å². The number of amides is 2. The van der Waals surface area contributed by atoms with Gasteiger partial charge in [0.15, 0.2) is 11.5 Å². The summed E-state index contributed by atoms with van der Waals surface area (Å²) < 4.78 is 10.6. The molecule has 0 aliphatic rings. The summed E-state index contributed by atoms with van der Waals surface area (Å²) in [7, 11) is 3.14. The SMILES string of the molecule is CCNC(=O)[C@H](C)N(Cc1c(Cl)cccc1Cl)C(=O)CCc1ccc(OC)c(OC)c1. The highest BCUT2D eigenvalue weighted by molar-refractivity contribution is 6.36. The molecule has 0 radical (unpaired) electrons. The molecule has 31 heavy (non-hydrogen) atoms. The van der Waals surface area contributed by atoms with E-state index in [0.29, 0.717) is 40.1 Å². The van der Waals surface area contributed by atoms with Crippen LogP contribution in [0.2, 0.25) is 10.0 Å². The van der Waals surface area contributed by atoms with Crippen LogP contribution >= 0.6 is 23.2 Å². The van der Waals surface area contributed by atoms with Gasteiger partial charge in [-0.2, -0.15) is 0 Å². The monoisotopic (exact) mass is 466 g/mol. The Hall–Kier alpha value is -2.44. The van der Waals surface area contributed by atoms with E-state index in [9.17, 15) is 9.59 Å². The molecule has 0 saturated carbocycles. The number of halogens is 2. The normalized spacial score (nSPS) is 11.5. The molecule has 2 aromatic carbocycles. The van der Waals surface area contributed by atoms with Crippen LogP contribution in [0.5, 0.6) is 11.5 Å². The smallest absolute Gasteiger partial charge is 0.242 e. The molecule has 0 saturated heterocycles. The molecule has 0 aliphatic carbocycles. The van der Waals surface area contributed by atoms with Gasteiger partial charge >= 0.3 is 0 Å². The summed E-state index contributed by atoms with van der Waals surface area (Å²) in [6.45, 7) is 4.15. The zero-order valence-corrected chi connectivity index (χ0v) is 19.7. The van der Waals surface area contributed by atoms with E-state index in [4.69, 9.17) is 32.7 Å². The number of carbonyl (C=O) groups excluding carboxylic acids is 2. The number of benzene rings is 2. The van der Waals surface area contributed by atoms with Crippen molar-refractivity contribution in [2.45, 2.75) is 39.3 Å². The van der Waals surface area contributed by atoms with Crippen LogP contribution in [0.15, 0.2) is 36.4 Å². The number of carbonyl (C=O) groups is 2. The standard InChI is InChI=1S/C23H28Cl2N2O4/c1-5-26-23(29)15(2)27(14-17-18(24)7-6-8-19(17)25)22(28)12-10-16-9-11-20(30-3)21(13-16)31-4/h6-9,11,13,15H,5,10,12,14H2,1-4H3,(H,26,29)/t15-/m0/s1. The van der Waals surface area contributed by atoms with Gasteiger partial charge in [0.1, 0.15) is 6.04 Å².